The van der Waals surface area contributed by atoms with Crippen molar-refractivity contribution in [2.75, 3.05) is 0 Å². The number of aromatic nitrogens is 2. The normalized spacial score (nSPS) is 20.2. The van der Waals surface area contributed by atoms with Gasteiger partial charge in [0.25, 0.3) is 0 Å². The average molecular weight is 414 g/mol. The Morgan fingerprint density at radius 3 is 2.35 bits per heavy atom. The largest absolute Gasteiger partial charge is 0.493 e. The van der Waals surface area contributed by atoms with Crippen LogP contribution in [0.5, 0.6) is 5.88 Å². The Morgan fingerprint density at radius 1 is 0.935 bits per heavy atom. The van der Waals surface area contributed by atoms with Gasteiger partial charge in [-0.1, -0.05) is 42.5 Å². The van der Waals surface area contributed by atoms with Crippen molar-refractivity contribution in [1.29, 1.82) is 0 Å². The Bertz CT molecular complexity index is 1250. The summed E-state index contributed by atoms with van der Waals surface area (Å²) in [5.41, 5.74) is 1.24. The highest BCUT2D eigenvalue weighted by molar-refractivity contribution is 5.89. The van der Waals surface area contributed by atoms with Crippen molar-refractivity contribution in [2.24, 2.45) is 0 Å². The summed E-state index contributed by atoms with van der Waals surface area (Å²) < 4.78 is 19.2. The summed E-state index contributed by atoms with van der Waals surface area (Å²) in [6.45, 7) is 0. The summed E-state index contributed by atoms with van der Waals surface area (Å²) in [4.78, 5) is 21.5. The van der Waals surface area contributed by atoms with Crippen molar-refractivity contribution in [3.8, 4) is 5.88 Å². The Morgan fingerprint density at radius 2 is 1.61 bits per heavy atom. The molecule has 5 nitrogen and oxygen atoms in total. The van der Waals surface area contributed by atoms with Gasteiger partial charge in [-0.25, -0.2) is 14.2 Å². The van der Waals surface area contributed by atoms with Gasteiger partial charge in [-0.3, -0.25) is 0 Å². The molecule has 0 saturated heterocycles. The monoisotopic (exact) mass is 414 g/mol. The molecule has 1 aliphatic carbocycles. The molecule has 1 fully saturated rings. The molecule has 0 spiro atoms. The van der Waals surface area contributed by atoms with Gasteiger partial charge in [0.1, 0.15) is 17.7 Å². The molecule has 1 aromatic heterocycles. The van der Waals surface area contributed by atoms with Gasteiger partial charge in [0, 0.05) is 12.8 Å². The molecule has 4 aromatic rings. The van der Waals surface area contributed by atoms with Gasteiger partial charge in [0.05, 0.1) is 21.9 Å². The lowest BCUT2D eigenvalue weighted by atomic mass is 9.62. The quantitative estimate of drug-likeness (QED) is 0.487. The van der Waals surface area contributed by atoms with Crippen LogP contribution in [0.3, 0.4) is 0 Å². The summed E-state index contributed by atoms with van der Waals surface area (Å²) in [7, 11) is 0. The lowest BCUT2D eigenvalue weighted by Gasteiger charge is -2.46. The number of halogens is 1. The van der Waals surface area contributed by atoms with E-state index in [1.54, 1.807) is 42.5 Å². The van der Waals surface area contributed by atoms with Crippen molar-refractivity contribution in [1.82, 2.24) is 9.97 Å². The molecule has 31 heavy (non-hydrogen) atoms. The van der Waals surface area contributed by atoms with Crippen LogP contribution < -0.4 is 0 Å². The number of rotatable bonds is 4. The minimum absolute atomic E-state index is 0.105. The summed E-state index contributed by atoms with van der Waals surface area (Å²) in [6.07, 6.45) is 0.541. The van der Waals surface area contributed by atoms with Gasteiger partial charge in [0.15, 0.2) is 0 Å². The van der Waals surface area contributed by atoms with Gasteiger partial charge >= 0.3 is 5.97 Å². The fourth-order valence-corrected chi connectivity index (χ4v) is 4.18. The number of carbonyl (C=O) groups is 1. The Labute approximate surface area is 178 Å². The number of hydrogen-bond donors (Lipinski definition) is 1. The molecular formula is C25H19FN2O3. The third-order valence-corrected chi connectivity index (χ3v) is 5.84. The van der Waals surface area contributed by atoms with E-state index >= 15 is 0 Å². The maximum absolute atomic E-state index is 13.6. The predicted molar refractivity (Wildman–Crippen MR) is 113 cm³/mol. The first-order chi connectivity index (χ1) is 15.0. The van der Waals surface area contributed by atoms with Crippen LogP contribution >= 0.6 is 0 Å². The van der Waals surface area contributed by atoms with Crippen LogP contribution in [0.25, 0.3) is 10.9 Å². The second-order valence-corrected chi connectivity index (χ2v) is 7.78. The number of esters is 1. The minimum atomic E-state index is -0.684. The second-order valence-electron chi connectivity index (χ2n) is 7.78. The van der Waals surface area contributed by atoms with Crippen molar-refractivity contribution in [2.45, 2.75) is 24.4 Å². The molecule has 0 aliphatic heterocycles. The number of fused-ring (bicyclic) bond motifs is 1. The number of carbonyl (C=O) groups excluding carboxylic acids is 1. The van der Waals surface area contributed by atoms with E-state index in [1.165, 1.54) is 12.1 Å². The van der Waals surface area contributed by atoms with E-state index in [4.69, 9.17) is 9.72 Å². The van der Waals surface area contributed by atoms with Crippen LogP contribution in [0.1, 0.15) is 34.6 Å². The highest BCUT2D eigenvalue weighted by atomic mass is 19.1. The molecular weight excluding hydrogens is 395 g/mol. The van der Waals surface area contributed by atoms with E-state index in [9.17, 15) is 14.3 Å². The summed E-state index contributed by atoms with van der Waals surface area (Å²) in [6, 6.07) is 22.2. The van der Waals surface area contributed by atoms with E-state index in [-0.39, 0.29) is 23.8 Å². The zero-order valence-corrected chi connectivity index (χ0v) is 16.5. The summed E-state index contributed by atoms with van der Waals surface area (Å²) in [5, 5.41) is 11.1. The zero-order chi connectivity index (χ0) is 21.4. The van der Waals surface area contributed by atoms with Crippen LogP contribution in [0.4, 0.5) is 4.39 Å². The number of nitrogens with zero attached hydrogens (tertiary/aromatic N) is 2. The summed E-state index contributed by atoms with van der Waals surface area (Å²) >= 11 is 0. The van der Waals surface area contributed by atoms with E-state index < -0.39 is 5.41 Å². The molecule has 1 aliphatic rings. The van der Waals surface area contributed by atoms with Crippen LogP contribution in [0.2, 0.25) is 0 Å². The van der Waals surface area contributed by atoms with E-state index in [0.717, 1.165) is 5.56 Å². The number of aromatic hydroxyl groups is 1. The van der Waals surface area contributed by atoms with Gasteiger partial charge in [-0.2, -0.15) is 4.98 Å². The molecule has 0 amide bonds. The molecule has 0 unspecified atom stereocenters. The molecule has 1 N–H and O–H groups in total. The fraction of sp³-hybridized carbons (Fsp3) is 0.160. The van der Waals surface area contributed by atoms with E-state index in [1.807, 2.05) is 24.3 Å². The first-order valence-corrected chi connectivity index (χ1v) is 10.0. The van der Waals surface area contributed by atoms with Crippen LogP contribution in [-0.2, 0) is 10.2 Å². The van der Waals surface area contributed by atoms with Crippen molar-refractivity contribution >= 4 is 16.9 Å². The third-order valence-electron chi connectivity index (χ3n) is 5.84. The number of ether oxygens (including phenoxy) is 1. The zero-order valence-electron chi connectivity index (χ0n) is 16.5. The van der Waals surface area contributed by atoms with Crippen molar-refractivity contribution in [3.05, 3.63) is 102 Å². The molecule has 3 aromatic carbocycles. The number of para-hydroxylation sites is 1. The molecule has 1 heterocycles. The highest BCUT2D eigenvalue weighted by Gasteiger charge is 2.51. The Kier molecular flexibility index (Phi) is 4.62. The van der Waals surface area contributed by atoms with Gasteiger partial charge in [-0.15, -0.1) is 0 Å². The standard InChI is InChI=1S/C25H19FN2O3/c26-18-12-10-17(11-13-18)25(24-27-21-9-5-4-8-20(21)22(29)28-24)14-19(15-25)31-23(30)16-6-2-1-3-7-16/h1-13,19H,14-15H2,(H,27,28,29)/t19-,25-. The molecule has 5 rings (SSSR count). The predicted octanol–water partition coefficient (Wildman–Crippen LogP) is 4.78. The second kappa shape index (κ2) is 7.47. The molecule has 6 heteroatoms. The Hall–Kier alpha value is -3.80. The van der Waals surface area contributed by atoms with Crippen LogP contribution in [0, 0.1) is 5.82 Å². The van der Waals surface area contributed by atoms with Crippen molar-refractivity contribution in [3.63, 3.8) is 0 Å². The molecule has 1 saturated carbocycles. The lowest BCUT2D eigenvalue weighted by Crippen LogP contribution is -2.48. The van der Waals surface area contributed by atoms with Gasteiger partial charge in [0.2, 0.25) is 5.88 Å². The topological polar surface area (TPSA) is 72.3 Å². The van der Waals surface area contributed by atoms with Crippen molar-refractivity contribution < 1.29 is 19.0 Å². The van der Waals surface area contributed by atoms with Crippen LogP contribution in [0.15, 0.2) is 78.9 Å². The average Bonchev–Trinajstić information content (AvgIpc) is 2.77. The lowest BCUT2D eigenvalue weighted by molar-refractivity contribution is -0.0153. The molecule has 154 valence electrons. The fourth-order valence-electron chi connectivity index (χ4n) is 4.18. The SMILES string of the molecule is O=C(O[C@H]1C[C@](c2ccc(F)cc2)(c2nc(O)c3ccccc3n2)C1)c1ccccc1. The molecule has 0 atom stereocenters. The first kappa shape index (κ1) is 19.2. The number of benzene rings is 3. The maximum Gasteiger partial charge on any atom is 0.338 e. The van der Waals surface area contributed by atoms with Crippen LogP contribution in [-0.4, -0.2) is 27.1 Å². The first-order valence-electron chi connectivity index (χ1n) is 10.0. The highest BCUT2D eigenvalue weighted by Crippen LogP contribution is 2.50. The number of hydrogen-bond acceptors (Lipinski definition) is 5. The summed E-state index contributed by atoms with van der Waals surface area (Å²) in [5.74, 6) is -0.401. The maximum atomic E-state index is 13.6. The third kappa shape index (κ3) is 3.40. The van der Waals surface area contributed by atoms with Gasteiger partial charge in [-0.05, 0) is 42.0 Å². The molecule has 0 bridgehead atoms. The van der Waals surface area contributed by atoms with Gasteiger partial charge < -0.3 is 9.84 Å². The van der Waals surface area contributed by atoms with E-state index in [0.29, 0.717) is 35.1 Å². The van der Waals surface area contributed by atoms with E-state index in [2.05, 4.69) is 4.98 Å². The molecule has 0 radical (unpaired) electrons. The Balaban J connectivity index is 1.49. The smallest absolute Gasteiger partial charge is 0.338 e. The minimum Gasteiger partial charge on any atom is -0.493 e.